The number of hydrogen-bond acceptors (Lipinski definition) is 4. The minimum atomic E-state index is -3.99. The molecule has 3 aliphatic rings. The summed E-state index contributed by atoms with van der Waals surface area (Å²) in [5.41, 5.74) is 1.00. The summed E-state index contributed by atoms with van der Waals surface area (Å²) in [4.78, 5) is 15.5. The van der Waals surface area contributed by atoms with Gasteiger partial charge in [-0.3, -0.25) is 4.79 Å². The zero-order chi connectivity index (χ0) is 21.5. The van der Waals surface area contributed by atoms with E-state index in [2.05, 4.69) is 11.3 Å². The van der Waals surface area contributed by atoms with Gasteiger partial charge in [0.1, 0.15) is 11.4 Å². The molecule has 0 N–H and O–H groups in total. The predicted molar refractivity (Wildman–Crippen MR) is 116 cm³/mol. The van der Waals surface area contributed by atoms with Gasteiger partial charge in [-0.05, 0) is 49.3 Å². The highest BCUT2D eigenvalue weighted by Gasteiger charge is 2.42. The van der Waals surface area contributed by atoms with Gasteiger partial charge in [0, 0.05) is 25.2 Å². The molecule has 2 fully saturated rings. The quantitative estimate of drug-likeness (QED) is 0.737. The highest BCUT2D eigenvalue weighted by atomic mass is 32.2. The minimum absolute atomic E-state index is 0.154. The van der Waals surface area contributed by atoms with E-state index in [1.807, 2.05) is 4.90 Å². The lowest BCUT2D eigenvalue weighted by Crippen LogP contribution is -2.54. The van der Waals surface area contributed by atoms with Gasteiger partial charge in [0.25, 0.3) is 5.91 Å². The molecule has 30 heavy (non-hydrogen) atoms. The fourth-order valence-corrected chi connectivity index (χ4v) is 5.89. The third-order valence-corrected chi connectivity index (χ3v) is 8.07. The molecule has 0 spiro atoms. The number of methoxy groups -OCH3 is 1. The van der Waals surface area contributed by atoms with Crippen molar-refractivity contribution in [3.8, 4) is 5.75 Å². The Balaban J connectivity index is 1.70. The lowest BCUT2D eigenvalue weighted by atomic mass is 9.72. The maximum Gasteiger partial charge on any atom is 0.345 e. The van der Waals surface area contributed by atoms with Crippen LogP contribution in [0.15, 0.2) is 40.4 Å². The van der Waals surface area contributed by atoms with Gasteiger partial charge in [-0.15, -0.1) is 4.40 Å². The topological polar surface area (TPSA) is 79.3 Å². The van der Waals surface area contributed by atoms with Crippen LogP contribution in [0.2, 0.25) is 0 Å². The van der Waals surface area contributed by atoms with Gasteiger partial charge < -0.3 is 9.64 Å². The van der Waals surface area contributed by atoms with Crippen molar-refractivity contribution in [1.82, 2.24) is 9.21 Å². The fourth-order valence-electron chi connectivity index (χ4n) is 4.98. The van der Waals surface area contributed by atoms with Crippen molar-refractivity contribution in [2.45, 2.75) is 45.1 Å². The van der Waals surface area contributed by atoms with Gasteiger partial charge in [0.2, 0.25) is 0 Å². The predicted octanol–water partition coefficient (Wildman–Crippen LogP) is 2.99. The van der Waals surface area contributed by atoms with Crippen LogP contribution in [0.4, 0.5) is 0 Å². The third-order valence-electron chi connectivity index (χ3n) is 6.76. The Hall–Kier alpha value is -2.35. The van der Waals surface area contributed by atoms with Gasteiger partial charge >= 0.3 is 10.2 Å². The number of ether oxygens (including phenoxy) is 1. The summed E-state index contributed by atoms with van der Waals surface area (Å²) in [6.45, 7) is 2.94. The van der Waals surface area contributed by atoms with Crippen molar-refractivity contribution >= 4 is 21.8 Å². The number of benzene rings is 1. The van der Waals surface area contributed by atoms with Crippen molar-refractivity contribution in [2.75, 3.05) is 20.7 Å². The number of piperidine rings is 1. The molecule has 1 aromatic rings. The van der Waals surface area contributed by atoms with Gasteiger partial charge in [0.05, 0.1) is 12.8 Å². The van der Waals surface area contributed by atoms with Crippen LogP contribution in [0.3, 0.4) is 0 Å². The van der Waals surface area contributed by atoms with E-state index in [1.165, 1.54) is 13.5 Å². The number of allylic oxidation sites excluding steroid dienone is 1. The number of carbonyl (C=O) groups excluding carboxylic acids is 1. The molecule has 0 bridgehead atoms. The molecule has 7 nitrogen and oxygen atoms in total. The van der Waals surface area contributed by atoms with E-state index < -0.39 is 10.2 Å². The molecule has 3 atom stereocenters. The van der Waals surface area contributed by atoms with Crippen molar-refractivity contribution < 1.29 is 17.9 Å². The first-order chi connectivity index (χ1) is 14.3. The molecule has 1 aliphatic carbocycles. The molecule has 0 radical (unpaired) electrons. The second-order valence-corrected chi connectivity index (χ2v) is 10.1. The van der Waals surface area contributed by atoms with E-state index >= 15 is 0 Å². The summed E-state index contributed by atoms with van der Waals surface area (Å²) in [6, 6.07) is 7.22. The summed E-state index contributed by atoms with van der Waals surface area (Å²) in [6.07, 6.45) is 6.99. The Kier molecular flexibility index (Phi) is 5.61. The molecular weight excluding hydrogens is 402 g/mol. The van der Waals surface area contributed by atoms with E-state index in [9.17, 15) is 13.2 Å². The standard InChI is InChI=1S/C22H29N3O4S/c1-15-11-12-25(20-10-5-4-9-18(15)20)22(26)21-14-19(23-30(27,28)24(21)2)16-7-6-8-17(13-16)29-3/h6-8,13-15,18,20H,4-5,9-12H2,1-3H3. The van der Waals surface area contributed by atoms with E-state index in [1.54, 1.807) is 37.5 Å². The van der Waals surface area contributed by atoms with Gasteiger partial charge in [0.15, 0.2) is 0 Å². The van der Waals surface area contributed by atoms with Crippen LogP contribution < -0.4 is 4.74 Å². The fraction of sp³-hybridized carbons (Fsp3) is 0.545. The van der Waals surface area contributed by atoms with Crippen molar-refractivity contribution in [3.63, 3.8) is 0 Å². The Morgan fingerprint density at radius 3 is 2.73 bits per heavy atom. The average Bonchev–Trinajstić information content (AvgIpc) is 2.75. The molecule has 2 heterocycles. The zero-order valence-corrected chi connectivity index (χ0v) is 18.6. The van der Waals surface area contributed by atoms with Gasteiger partial charge in [-0.1, -0.05) is 31.9 Å². The average molecular weight is 432 g/mol. The van der Waals surface area contributed by atoms with Crippen LogP contribution in [0.5, 0.6) is 5.75 Å². The van der Waals surface area contributed by atoms with E-state index in [-0.39, 0.29) is 23.4 Å². The molecule has 3 unspecified atom stereocenters. The normalized spacial score (nSPS) is 28.3. The van der Waals surface area contributed by atoms with E-state index in [0.717, 1.165) is 30.0 Å². The molecule has 0 aromatic heterocycles. The third kappa shape index (κ3) is 3.73. The Morgan fingerprint density at radius 1 is 1.20 bits per heavy atom. The summed E-state index contributed by atoms with van der Waals surface area (Å²) in [5.74, 6) is 1.46. The van der Waals surface area contributed by atoms with Crippen LogP contribution in [0, 0.1) is 11.8 Å². The first-order valence-corrected chi connectivity index (χ1v) is 12.0. The van der Waals surface area contributed by atoms with Crippen molar-refractivity contribution in [3.05, 3.63) is 41.6 Å². The van der Waals surface area contributed by atoms with Gasteiger partial charge in [-0.2, -0.15) is 8.42 Å². The molecule has 1 saturated carbocycles. The number of hydrogen-bond donors (Lipinski definition) is 0. The molecular formula is C22H29N3O4S. The number of rotatable bonds is 3. The number of carbonyl (C=O) groups is 1. The summed E-state index contributed by atoms with van der Waals surface area (Å²) in [5, 5.41) is 0. The smallest absolute Gasteiger partial charge is 0.345 e. The summed E-state index contributed by atoms with van der Waals surface area (Å²) < 4.78 is 35.7. The van der Waals surface area contributed by atoms with Crippen LogP contribution in [0.1, 0.15) is 44.6 Å². The molecule has 162 valence electrons. The van der Waals surface area contributed by atoms with Gasteiger partial charge in [-0.25, -0.2) is 4.31 Å². The second kappa shape index (κ2) is 8.06. The lowest BCUT2D eigenvalue weighted by Gasteiger charge is -2.47. The molecule has 8 heteroatoms. The number of likely N-dealkylation sites (tertiary alicyclic amines) is 1. The highest BCUT2D eigenvalue weighted by molar-refractivity contribution is 7.88. The number of nitrogens with zero attached hydrogens (tertiary/aromatic N) is 3. The molecule has 1 saturated heterocycles. The van der Waals surface area contributed by atoms with Crippen molar-refractivity contribution in [2.24, 2.45) is 16.2 Å². The van der Waals surface area contributed by atoms with E-state index in [4.69, 9.17) is 4.74 Å². The lowest BCUT2D eigenvalue weighted by molar-refractivity contribution is -0.135. The Bertz CT molecular complexity index is 1000. The largest absolute Gasteiger partial charge is 0.497 e. The maximum atomic E-state index is 13.6. The highest BCUT2D eigenvalue weighted by Crippen LogP contribution is 2.39. The van der Waals surface area contributed by atoms with Crippen molar-refractivity contribution in [1.29, 1.82) is 0 Å². The molecule has 1 amide bonds. The summed E-state index contributed by atoms with van der Waals surface area (Å²) >= 11 is 0. The van der Waals surface area contributed by atoms with E-state index in [0.29, 0.717) is 29.7 Å². The Morgan fingerprint density at radius 2 is 1.97 bits per heavy atom. The first-order valence-electron chi connectivity index (χ1n) is 10.6. The molecule has 2 aliphatic heterocycles. The molecule has 1 aromatic carbocycles. The zero-order valence-electron chi connectivity index (χ0n) is 17.7. The van der Waals surface area contributed by atoms with Crippen LogP contribution in [0.25, 0.3) is 0 Å². The van der Waals surface area contributed by atoms with Crippen LogP contribution in [-0.4, -0.2) is 56.0 Å². The number of fused-ring (bicyclic) bond motifs is 1. The second-order valence-electron chi connectivity index (χ2n) is 8.46. The summed E-state index contributed by atoms with van der Waals surface area (Å²) in [7, 11) is -1.04. The first kappa shape index (κ1) is 20.9. The van der Waals surface area contributed by atoms with Crippen LogP contribution in [-0.2, 0) is 15.0 Å². The number of likely N-dealkylation sites (N-methyl/N-ethyl adjacent to an activating group) is 1. The molecule has 4 rings (SSSR count). The maximum absolute atomic E-state index is 13.6. The van der Waals surface area contributed by atoms with Crippen LogP contribution >= 0.6 is 0 Å². The monoisotopic (exact) mass is 431 g/mol. The Labute approximate surface area is 178 Å². The minimum Gasteiger partial charge on any atom is -0.497 e. The SMILES string of the molecule is COc1cccc(C2=NS(=O)(=O)N(C)C(C(=O)N3CCC(C)C4CCCCC43)=C2)c1. The number of amides is 1.